The number of rotatable bonds is 5. The number of hydrogen-bond acceptors (Lipinski definition) is 4. The van der Waals surface area contributed by atoms with Gasteiger partial charge in [0.05, 0.1) is 6.54 Å². The lowest BCUT2D eigenvalue weighted by molar-refractivity contribution is -0.147. The molecule has 1 heterocycles. The molecule has 2 amide bonds. The molecule has 1 aromatic rings. The molecule has 118 valence electrons. The number of carboxylic acid groups (broad SMARTS) is 1. The van der Waals surface area contributed by atoms with E-state index in [-0.39, 0.29) is 37.4 Å². The van der Waals surface area contributed by atoms with Crippen molar-refractivity contribution in [3.8, 4) is 0 Å². The van der Waals surface area contributed by atoms with Gasteiger partial charge in [0, 0.05) is 24.6 Å². The summed E-state index contributed by atoms with van der Waals surface area (Å²) in [6, 6.07) is 7.42. The fraction of sp³-hybridized carbons (Fsp3) is 0.400. The summed E-state index contributed by atoms with van der Waals surface area (Å²) in [6.45, 7) is 0.277. The van der Waals surface area contributed by atoms with Gasteiger partial charge in [-0.25, -0.2) is 4.79 Å². The van der Waals surface area contributed by atoms with Crippen molar-refractivity contribution in [2.45, 2.75) is 18.5 Å². The first-order chi connectivity index (χ1) is 10.5. The molecule has 1 fully saturated rings. The maximum Gasteiger partial charge on any atom is 0.326 e. The molecule has 1 saturated heterocycles. The third-order valence-electron chi connectivity index (χ3n) is 3.61. The Hall–Kier alpha value is -2.41. The highest BCUT2D eigenvalue weighted by Crippen LogP contribution is 2.19. The normalized spacial score (nSPS) is 20.7. The minimum atomic E-state index is -1.05. The molecule has 0 aromatic heterocycles. The van der Waals surface area contributed by atoms with E-state index in [4.69, 9.17) is 0 Å². The van der Waals surface area contributed by atoms with Crippen LogP contribution in [-0.2, 0) is 9.59 Å². The molecule has 1 aliphatic heterocycles. The molecule has 2 atom stereocenters. The standard InChI is InChI=1S/C15H19N3O4/c1-16-8-13(19)18-9-11(7-12(18)15(21)22)17-14(20)10-5-3-2-4-6-10/h2-6,11-12,16H,7-9H2,1H3,(H,17,20)(H,21,22). The molecule has 0 aliphatic carbocycles. The first-order valence-corrected chi connectivity index (χ1v) is 7.05. The number of aliphatic carboxylic acids is 1. The number of benzene rings is 1. The van der Waals surface area contributed by atoms with E-state index in [9.17, 15) is 19.5 Å². The second kappa shape index (κ2) is 7.04. The quantitative estimate of drug-likeness (QED) is 0.693. The lowest BCUT2D eigenvalue weighted by Gasteiger charge is -2.21. The van der Waals surface area contributed by atoms with Crippen molar-refractivity contribution in [3.63, 3.8) is 0 Å². The van der Waals surface area contributed by atoms with E-state index in [2.05, 4.69) is 10.6 Å². The van der Waals surface area contributed by atoms with Crippen LogP contribution in [-0.4, -0.2) is 60.0 Å². The Morgan fingerprint density at radius 2 is 1.95 bits per heavy atom. The Kier molecular flexibility index (Phi) is 5.11. The van der Waals surface area contributed by atoms with Crippen molar-refractivity contribution >= 4 is 17.8 Å². The SMILES string of the molecule is CNCC(=O)N1CC(NC(=O)c2ccccc2)CC1C(=O)O. The third kappa shape index (κ3) is 3.62. The van der Waals surface area contributed by atoms with E-state index >= 15 is 0 Å². The number of likely N-dealkylation sites (tertiary alicyclic amines) is 1. The highest BCUT2D eigenvalue weighted by molar-refractivity contribution is 5.94. The predicted octanol–water partition coefficient (Wildman–Crippen LogP) is -0.310. The summed E-state index contributed by atoms with van der Waals surface area (Å²) in [6.07, 6.45) is 0.212. The molecule has 0 spiro atoms. The van der Waals surface area contributed by atoms with Crippen LogP contribution in [0.4, 0.5) is 0 Å². The van der Waals surface area contributed by atoms with E-state index in [1.165, 1.54) is 4.90 Å². The number of nitrogens with zero attached hydrogens (tertiary/aromatic N) is 1. The topological polar surface area (TPSA) is 98.7 Å². The van der Waals surface area contributed by atoms with Gasteiger partial charge in [-0.3, -0.25) is 9.59 Å². The average molecular weight is 305 g/mol. The highest BCUT2D eigenvalue weighted by Gasteiger charge is 2.39. The first-order valence-electron chi connectivity index (χ1n) is 7.05. The molecule has 7 nitrogen and oxygen atoms in total. The molecule has 0 saturated carbocycles. The Morgan fingerprint density at radius 3 is 2.55 bits per heavy atom. The molecule has 22 heavy (non-hydrogen) atoms. The number of carboxylic acids is 1. The number of carbonyl (C=O) groups is 3. The largest absolute Gasteiger partial charge is 0.480 e. The Balaban J connectivity index is 2.03. The van der Waals surface area contributed by atoms with Gasteiger partial charge in [0.25, 0.3) is 5.91 Å². The monoisotopic (exact) mass is 305 g/mol. The van der Waals surface area contributed by atoms with Crippen LogP contribution in [0.15, 0.2) is 30.3 Å². The minimum Gasteiger partial charge on any atom is -0.480 e. The van der Waals surface area contributed by atoms with Crippen LogP contribution >= 0.6 is 0 Å². The van der Waals surface area contributed by atoms with Gasteiger partial charge in [0.2, 0.25) is 5.91 Å². The maximum atomic E-state index is 12.1. The van der Waals surface area contributed by atoms with Crippen molar-refractivity contribution in [2.75, 3.05) is 20.1 Å². The summed E-state index contributed by atoms with van der Waals surface area (Å²) in [4.78, 5) is 36.6. The fourth-order valence-electron chi connectivity index (χ4n) is 2.56. The molecular formula is C15H19N3O4. The average Bonchev–Trinajstić information content (AvgIpc) is 2.92. The van der Waals surface area contributed by atoms with Gasteiger partial charge in [0.1, 0.15) is 6.04 Å². The van der Waals surface area contributed by atoms with Crippen molar-refractivity contribution < 1.29 is 19.5 Å². The van der Waals surface area contributed by atoms with Gasteiger partial charge in [-0.15, -0.1) is 0 Å². The van der Waals surface area contributed by atoms with Gasteiger partial charge in [-0.2, -0.15) is 0 Å². The van der Waals surface area contributed by atoms with E-state index in [0.717, 1.165) is 0 Å². The van der Waals surface area contributed by atoms with Gasteiger partial charge in [-0.1, -0.05) is 18.2 Å². The molecule has 0 bridgehead atoms. The summed E-state index contributed by atoms with van der Waals surface area (Å²) in [5, 5.41) is 14.7. The van der Waals surface area contributed by atoms with Crippen LogP contribution in [0.3, 0.4) is 0 Å². The van der Waals surface area contributed by atoms with Gasteiger partial charge in [-0.05, 0) is 19.2 Å². The zero-order valence-corrected chi connectivity index (χ0v) is 12.3. The molecule has 1 aromatic carbocycles. The molecule has 0 radical (unpaired) electrons. The summed E-state index contributed by atoms with van der Waals surface area (Å²) in [5.41, 5.74) is 0.509. The summed E-state index contributed by atoms with van der Waals surface area (Å²) in [7, 11) is 1.62. The Labute approximate surface area is 128 Å². The van der Waals surface area contributed by atoms with Gasteiger partial charge >= 0.3 is 5.97 Å². The lowest BCUT2D eigenvalue weighted by Crippen LogP contribution is -2.44. The van der Waals surface area contributed by atoms with Gasteiger partial charge < -0.3 is 20.6 Å². The fourth-order valence-corrected chi connectivity index (χ4v) is 2.56. The van der Waals surface area contributed by atoms with E-state index in [1.807, 2.05) is 6.07 Å². The van der Waals surface area contributed by atoms with Crippen LogP contribution in [0.1, 0.15) is 16.8 Å². The van der Waals surface area contributed by atoms with Crippen LogP contribution < -0.4 is 10.6 Å². The summed E-state index contributed by atoms with van der Waals surface area (Å²) >= 11 is 0. The number of carbonyl (C=O) groups excluding carboxylic acids is 2. The number of likely N-dealkylation sites (N-methyl/N-ethyl adjacent to an activating group) is 1. The summed E-state index contributed by atoms with van der Waals surface area (Å²) in [5.74, 6) is -1.61. The van der Waals surface area contributed by atoms with Crippen LogP contribution in [0, 0.1) is 0 Å². The smallest absolute Gasteiger partial charge is 0.326 e. The summed E-state index contributed by atoms with van der Waals surface area (Å²) < 4.78 is 0. The zero-order chi connectivity index (χ0) is 16.1. The van der Waals surface area contributed by atoms with Crippen molar-refractivity contribution in [3.05, 3.63) is 35.9 Å². The minimum absolute atomic E-state index is 0.0726. The molecule has 2 unspecified atom stereocenters. The molecular weight excluding hydrogens is 286 g/mol. The van der Waals surface area contributed by atoms with E-state index < -0.39 is 12.0 Å². The van der Waals surface area contributed by atoms with Crippen molar-refractivity contribution in [1.82, 2.24) is 15.5 Å². The predicted molar refractivity (Wildman–Crippen MR) is 79.4 cm³/mol. The van der Waals surface area contributed by atoms with Crippen molar-refractivity contribution in [1.29, 1.82) is 0 Å². The highest BCUT2D eigenvalue weighted by atomic mass is 16.4. The first kappa shape index (κ1) is 16.0. The Morgan fingerprint density at radius 1 is 1.27 bits per heavy atom. The number of amides is 2. The molecule has 3 N–H and O–H groups in total. The zero-order valence-electron chi connectivity index (χ0n) is 12.3. The molecule has 1 aliphatic rings. The number of hydrogen-bond donors (Lipinski definition) is 3. The number of nitrogens with one attached hydrogen (secondary N) is 2. The van der Waals surface area contributed by atoms with Gasteiger partial charge in [0.15, 0.2) is 0 Å². The van der Waals surface area contributed by atoms with Crippen LogP contribution in [0.25, 0.3) is 0 Å². The third-order valence-corrected chi connectivity index (χ3v) is 3.61. The maximum absolute atomic E-state index is 12.1. The second-order valence-corrected chi connectivity index (χ2v) is 5.20. The molecule has 7 heteroatoms. The Bertz CT molecular complexity index is 561. The van der Waals surface area contributed by atoms with Crippen LogP contribution in [0.2, 0.25) is 0 Å². The van der Waals surface area contributed by atoms with Crippen molar-refractivity contribution in [2.24, 2.45) is 0 Å². The molecule has 2 rings (SSSR count). The van der Waals surface area contributed by atoms with E-state index in [1.54, 1.807) is 31.3 Å². The second-order valence-electron chi connectivity index (χ2n) is 5.20. The lowest BCUT2D eigenvalue weighted by atomic mass is 10.1. The van der Waals surface area contributed by atoms with E-state index in [0.29, 0.717) is 5.56 Å². The van der Waals surface area contributed by atoms with Crippen LogP contribution in [0.5, 0.6) is 0 Å².